The van der Waals surface area contributed by atoms with Gasteiger partial charge in [-0.2, -0.15) is 0 Å². The van der Waals surface area contributed by atoms with E-state index in [9.17, 15) is 4.79 Å². The summed E-state index contributed by atoms with van der Waals surface area (Å²) in [6, 6.07) is 7.93. The van der Waals surface area contributed by atoms with E-state index in [0.29, 0.717) is 12.2 Å². The predicted octanol–water partition coefficient (Wildman–Crippen LogP) is 2.34. The molecule has 1 aromatic carbocycles. The molecule has 5 N–H and O–H groups in total. The van der Waals surface area contributed by atoms with Gasteiger partial charge in [0, 0.05) is 54.1 Å². The van der Waals surface area contributed by atoms with E-state index in [0.717, 1.165) is 39.3 Å². The summed E-state index contributed by atoms with van der Waals surface area (Å²) in [4.78, 5) is 21.1. The van der Waals surface area contributed by atoms with E-state index in [1.165, 1.54) is 0 Å². The molecule has 1 unspecified atom stereocenters. The van der Waals surface area contributed by atoms with E-state index in [2.05, 4.69) is 21.2 Å². The third-order valence-corrected chi connectivity index (χ3v) is 4.99. The average molecular weight is 378 g/mol. The summed E-state index contributed by atoms with van der Waals surface area (Å²) in [5.41, 5.74) is 19.3. The van der Waals surface area contributed by atoms with Crippen LogP contribution in [0, 0.1) is 12.8 Å². The highest BCUT2D eigenvalue weighted by Gasteiger charge is 2.25. The van der Waals surface area contributed by atoms with Crippen molar-refractivity contribution in [3.63, 3.8) is 0 Å². The number of primary amides is 1. The number of rotatable bonds is 6. The number of carbonyl (C=O) groups excluding carboxylic acids is 1. The summed E-state index contributed by atoms with van der Waals surface area (Å²) in [5.74, 6) is -0.916. The van der Waals surface area contributed by atoms with Gasteiger partial charge in [-0.3, -0.25) is 14.8 Å². The lowest BCUT2D eigenvalue weighted by molar-refractivity contribution is -0.120. The standard InChI is InChI=1S/C21H26N6O/c1-12-7-8-17-16(11-25-27-17)18(12)20(19(23-4)13(2)21(22)28)26-14(3)15-6-5-9-24-10-15/h5-10,13,23,25,27H,11H2,1-4H3,(H2,22,28)/b20-19+,26-14?. The molecule has 0 aliphatic carbocycles. The van der Waals surface area contributed by atoms with Crippen LogP contribution in [-0.4, -0.2) is 23.7 Å². The number of anilines is 1. The minimum Gasteiger partial charge on any atom is -0.389 e. The molecule has 0 saturated carbocycles. The van der Waals surface area contributed by atoms with Gasteiger partial charge >= 0.3 is 0 Å². The topological polar surface area (TPSA) is 104 Å². The number of carbonyl (C=O) groups is 1. The van der Waals surface area contributed by atoms with Crippen LogP contribution in [-0.2, 0) is 11.3 Å². The highest BCUT2D eigenvalue weighted by Crippen LogP contribution is 2.35. The Morgan fingerprint density at radius 2 is 2.14 bits per heavy atom. The molecule has 7 heteroatoms. The highest BCUT2D eigenvalue weighted by atomic mass is 16.1. The van der Waals surface area contributed by atoms with Gasteiger partial charge < -0.3 is 16.5 Å². The number of aromatic nitrogens is 1. The zero-order valence-corrected chi connectivity index (χ0v) is 16.6. The highest BCUT2D eigenvalue weighted by molar-refractivity contribution is 6.02. The maximum Gasteiger partial charge on any atom is 0.226 e. The van der Waals surface area contributed by atoms with Crippen LogP contribution in [0.1, 0.15) is 36.1 Å². The van der Waals surface area contributed by atoms with Crippen LogP contribution in [0.3, 0.4) is 0 Å². The molecule has 0 saturated heterocycles. The molecule has 1 aliphatic rings. The zero-order valence-electron chi connectivity index (χ0n) is 16.6. The van der Waals surface area contributed by atoms with Crippen molar-refractivity contribution in [3.05, 3.63) is 64.6 Å². The fraction of sp³-hybridized carbons (Fsp3) is 0.286. The summed E-state index contributed by atoms with van der Waals surface area (Å²) in [6.45, 7) is 6.44. The second-order valence-electron chi connectivity index (χ2n) is 6.84. The number of pyridine rings is 1. The van der Waals surface area contributed by atoms with Gasteiger partial charge in [0.1, 0.15) is 0 Å². The lowest BCUT2D eigenvalue weighted by Gasteiger charge is -2.20. The predicted molar refractivity (Wildman–Crippen MR) is 112 cm³/mol. The Balaban J connectivity index is 2.28. The van der Waals surface area contributed by atoms with Crippen LogP contribution in [0.5, 0.6) is 0 Å². The van der Waals surface area contributed by atoms with Crippen LogP contribution in [0.15, 0.2) is 47.3 Å². The lowest BCUT2D eigenvalue weighted by atomic mass is 9.93. The number of fused-ring (bicyclic) bond motifs is 1. The van der Waals surface area contributed by atoms with Crippen LogP contribution in [0.2, 0.25) is 0 Å². The number of hydrogen-bond donors (Lipinski definition) is 4. The van der Waals surface area contributed by atoms with Crippen LogP contribution in [0.4, 0.5) is 5.69 Å². The molecule has 7 nitrogen and oxygen atoms in total. The molecule has 3 rings (SSSR count). The number of nitrogens with one attached hydrogen (secondary N) is 3. The molecule has 1 amide bonds. The van der Waals surface area contributed by atoms with E-state index in [4.69, 9.17) is 10.7 Å². The number of amides is 1. The van der Waals surface area contributed by atoms with E-state index < -0.39 is 11.8 Å². The van der Waals surface area contributed by atoms with Gasteiger partial charge in [0.25, 0.3) is 0 Å². The van der Waals surface area contributed by atoms with Crippen molar-refractivity contribution in [1.29, 1.82) is 0 Å². The number of hydrogen-bond acceptors (Lipinski definition) is 6. The van der Waals surface area contributed by atoms with Gasteiger partial charge in [-0.25, -0.2) is 5.43 Å². The molecule has 0 spiro atoms. The van der Waals surface area contributed by atoms with Gasteiger partial charge in [0.15, 0.2) is 0 Å². The number of benzene rings is 1. The lowest BCUT2D eigenvalue weighted by Crippen LogP contribution is -2.28. The molecule has 2 heterocycles. The Hall–Kier alpha value is -3.19. The van der Waals surface area contributed by atoms with Gasteiger partial charge in [0.05, 0.1) is 17.3 Å². The second kappa shape index (κ2) is 8.22. The average Bonchev–Trinajstić information content (AvgIpc) is 3.17. The van der Waals surface area contributed by atoms with Crippen molar-refractivity contribution in [3.8, 4) is 0 Å². The summed E-state index contributed by atoms with van der Waals surface area (Å²) in [5, 5.41) is 3.17. The molecule has 0 bridgehead atoms. The number of aryl methyl sites for hydroxylation is 1. The Morgan fingerprint density at radius 1 is 1.36 bits per heavy atom. The number of nitrogens with two attached hydrogens (primary N) is 1. The molecule has 1 aromatic heterocycles. The van der Waals surface area contributed by atoms with Crippen molar-refractivity contribution in [1.82, 2.24) is 15.7 Å². The quantitative estimate of drug-likeness (QED) is 0.578. The van der Waals surface area contributed by atoms with Gasteiger partial charge in [-0.05, 0) is 38.5 Å². The first-order valence-electron chi connectivity index (χ1n) is 9.22. The summed E-state index contributed by atoms with van der Waals surface area (Å²) in [6.07, 6.45) is 3.51. The van der Waals surface area contributed by atoms with E-state index in [1.807, 2.05) is 38.1 Å². The molecule has 1 atom stereocenters. The molecular formula is C21H26N6O. The molecule has 1 aliphatic heterocycles. The third-order valence-electron chi connectivity index (χ3n) is 4.99. The van der Waals surface area contributed by atoms with Crippen LogP contribution < -0.4 is 21.9 Å². The van der Waals surface area contributed by atoms with E-state index in [-0.39, 0.29) is 0 Å². The molecular weight excluding hydrogens is 352 g/mol. The summed E-state index contributed by atoms with van der Waals surface area (Å²) in [7, 11) is 1.79. The van der Waals surface area contributed by atoms with Crippen molar-refractivity contribution in [2.75, 3.05) is 12.5 Å². The monoisotopic (exact) mass is 378 g/mol. The van der Waals surface area contributed by atoms with E-state index >= 15 is 0 Å². The van der Waals surface area contributed by atoms with Gasteiger partial charge in [0.2, 0.25) is 5.91 Å². The molecule has 0 radical (unpaired) electrons. The first kappa shape index (κ1) is 19.6. The second-order valence-corrected chi connectivity index (χ2v) is 6.84. The fourth-order valence-corrected chi connectivity index (χ4v) is 3.37. The van der Waals surface area contributed by atoms with Crippen LogP contribution in [0.25, 0.3) is 5.70 Å². The normalized spacial score (nSPS) is 15.4. The summed E-state index contributed by atoms with van der Waals surface area (Å²) < 4.78 is 0. The number of nitrogens with zero attached hydrogens (tertiary/aromatic N) is 2. The number of hydrazine groups is 1. The first-order valence-corrected chi connectivity index (χ1v) is 9.22. The van der Waals surface area contributed by atoms with Gasteiger partial charge in [-0.15, -0.1) is 0 Å². The Kier molecular flexibility index (Phi) is 5.75. The zero-order chi connectivity index (χ0) is 20.3. The van der Waals surface area contributed by atoms with Crippen molar-refractivity contribution in [2.24, 2.45) is 16.6 Å². The maximum atomic E-state index is 12.0. The van der Waals surface area contributed by atoms with Crippen molar-refractivity contribution < 1.29 is 4.79 Å². The summed E-state index contributed by atoms with van der Waals surface area (Å²) >= 11 is 0. The van der Waals surface area contributed by atoms with E-state index in [1.54, 1.807) is 26.4 Å². The SMILES string of the molecule is CN/C(=C(/N=C(C)c1cccnc1)c1c(C)ccc2c1CNN2)C(C)C(N)=O. The van der Waals surface area contributed by atoms with Crippen molar-refractivity contribution >= 4 is 23.0 Å². The number of aliphatic imine (C=N–C) groups is 1. The first-order chi connectivity index (χ1) is 13.4. The molecule has 28 heavy (non-hydrogen) atoms. The fourth-order valence-electron chi connectivity index (χ4n) is 3.37. The smallest absolute Gasteiger partial charge is 0.226 e. The third kappa shape index (κ3) is 3.75. The minimum absolute atomic E-state index is 0.405. The Labute approximate surface area is 165 Å². The van der Waals surface area contributed by atoms with Gasteiger partial charge in [-0.1, -0.05) is 12.1 Å². The largest absolute Gasteiger partial charge is 0.389 e. The minimum atomic E-state index is -0.511. The van der Waals surface area contributed by atoms with Crippen LogP contribution >= 0.6 is 0 Å². The molecule has 0 fully saturated rings. The molecule has 2 aromatic rings. The molecule has 146 valence electrons. The Morgan fingerprint density at radius 3 is 2.79 bits per heavy atom. The Bertz CT molecular complexity index is 949. The maximum absolute atomic E-state index is 12.0. The van der Waals surface area contributed by atoms with Crippen molar-refractivity contribution in [2.45, 2.75) is 27.3 Å².